The monoisotopic (exact) mass is 411 g/mol. The Kier molecular flexibility index (Phi) is 6.01. The molecule has 0 spiro atoms. The SMILES string of the molecule is Cc1cc(N2CCC(NC(=O)NC3CCCCC3)CC2)c2cccc([N+](=O)[O-])c2n1. The number of amides is 2. The van der Waals surface area contributed by atoms with Crippen LogP contribution in [0.15, 0.2) is 24.3 Å². The molecule has 30 heavy (non-hydrogen) atoms. The lowest BCUT2D eigenvalue weighted by atomic mass is 9.96. The molecule has 8 nitrogen and oxygen atoms in total. The number of aryl methyl sites for hydroxylation is 1. The van der Waals surface area contributed by atoms with Crippen LogP contribution in [0.25, 0.3) is 10.9 Å². The maximum atomic E-state index is 12.3. The number of benzene rings is 1. The van der Waals surface area contributed by atoms with E-state index in [0.29, 0.717) is 11.6 Å². The molecule has 1 aromatic carbocycles. The van der Waals surface area contributed by atoms with E-state index in [-0.39, 0.29) is 22.7 Å². The molecule has 0 radical (unpaired) electrons. The maximum Gasteiger partial charge on any atom is 0.315 e. The number of nitro groups is 1. The minimum atomic E-state index is -0.375. The van der Waals surface area contributed by atoms with Gasteiger partial charge in [-0.15, -0.1) is 0 Å². The van der Waals surface area contributed by atoms with Crippen LogP contribution in [0.2, 0.25) is 0 Å². The number of non-ortho nitro benzene ring substituents is 1. The van der Waals surface area contributed by atoms with Crippen molar-refractivity contribution in [2.24, 2.45) is 0 Å². The lowest BCUT2D eigenvalue weighted by molar-refractivity contribution is -0.383. The first-order valence-corrected chi connectivity index (χ1v) is 10.9. The van der Waals surface area contributed by atoms with E-state index >= 15 is 0 Å². The molecule has 2 amide bonds. The summed E-state index contributed by atoms with van der Waals surface area (Å²) in [7, 11) is 0. The zero-order valence-corrected chi connectivity index (χ0v) is 17.4. The van der Waals surface area contributed by atoms with E-state index in [4.69, 9.17) is 0 Å². The first-order chi connectivity index (χ1) is 14.5. The van der Waals surface area contributed by atoms with Gasteiger partial charge >= 0.3 is 6.03 Å². The second-order valence-corrected chi connectivity index (χ2v) is 8.43. The summed E-state index contributed by atoms with van der Waals surface area (Å²) in [6.45, 7) is 3.44. The van der Waals surface area contributed by atoms with Gasteiger partial charge in [0, 0.05) is 48.0 Å². The van der Waals surface area contributed by atoms with E-state index < -0.39 is 0 Å². The number of rotatable bonds is 4. The Balaban J connectivity index is 1.41. The molecular weight excluding hydrogens is 382 g/mol. The first kappa shape index (κ1) is 20.4. The Hall–Kier alpha value is -2.90. The molecule has 1 aliphatic heterocycles. The van der Waals surface area contributed by atoms with Crippen molar-refractivity contribution in [2.45, 2.75) is 64.0 Å². The van der Waals surface area contributed by atoms with Crippen molar-refractivity contribution in [3.63, 3.8) is 0 Å². The van der Waals surface area contributed by atoms with Crippen molar-refractivity contribution >= 4 is 28.3 Å². The highest BCUT2D eigenvalue weighted by atomic mass is 16.6. The molecule has 4 rings (SSSR count). The standard InChI is InChI=1S/C22H29N5O3/c1-15-14-20(18-8-5-9-19(27(29)30)21(18)23-15)26-12-10-17(11-13-26)25-22(28)24-16-6-3-2-4-7-16/h5,8-9,14,16-17H,2-4,6-7,10-13H2,1H3,(H2,24,25,28). The summed E-state index contributed by atoms with van der Waals surface area (Å²) in [4.78, 5) is 30.1. The number of nitro benzene ring substituents is 1. The Bertz CT molecular complexity index is 934. The Morgan fingerprint density at radius 3 is 2.43 bits per heavy atom. The summed E-state index contributed by atoms with van der Waals surface area (Å²) in [5.74, 6) is 0. The number of anilines is 1. The molecule has 160 valence electrons. The van der Waals surface area contributed by atoms with Crippen LogP contribution in [-0.2, 0) is 0 Å². The second-order valence-electron chi connectivity index (χ2n) is 8.43. The maximum absolute atomic E-state index is 12.3. The zero-order chi connectivity index (χ0) is 21.1. The van der Waals surface area contributed by atoms with Crippen molar-refractivity contribution < 1.29 is 9.72 Å². The van der Waals surface area contributed by atoms with Crippen LogP contribution in [0.1, 0.15) is 50.6 Å². The van der Waals surface area contributed by atoms with Gasteiger partial charge in [0.05, 0.1) is 4.92 Å². The molecule has 0 bridgehead atoms. The third kappa shape index (κ3) is 4.47. The first-order valence-electron chi connectivity index (χ1n) is 10.9. The van der Waals surface area contributed by atoms with Crippen LogP contribution in [0.5, 0.6) is 0 Å². The number of pyridine rings is 1. The summed E-state index contributed by atoms with van der Waals surface area (Å²) in [6.07, 6.45) is 7.50. The minimum Gasteiger partial charge on any atom is -0.371 e. The molecule has 2 aliphatic rings. The summed E-state index contributed by atoms with van der Waals surface area (Å²) in [5, 5.41) is 18.5. The van der Waals surface area contributed by atoms with Crippen LogP contribution in [0, 0.1) is 17.0 Å². The smallest absolute Gasteiger partial charge is 0.315 e. The quantitative estimate of drug-likeness (QED) is 0.584. The summed E-state index contributed by atoms with van der Waals surface area (Å²) < 4.78 is 0. The summed E-state index contributed by atoms with van der Waals surface area (Å²) in [5.41, 5.74) is 2.21. The van der Waals surface area contributed by atoms with E-state index in [2.05, 4.69) is 20.5 Å². The fraction of sp³-hybridized carbons (Fsp3) is 0.545. The minimum absolute atomic E-state index is 0.0355. The average Bonchev–Trinajstić information content (AvgIpc) is 2.74. The molecule has 8 heteroatoms. The van der Waals surface area contributed by atoms with E-state index in [1.54, 1.807) is 6.07 Å². The number of hydrogen-bond donors (Lipinski definition) is 2. The highest BCUT2D eigenvalue weighted by Gasteiger charge is 2.25. The van der Waals surface area contributed by atoms with Crippen molar-refractivity contribution in [1.82, 2.24) is 15.6 Å². The fourth-order valence-corrected chi connectivity index (χ4v) is 4.67. The van der Waals surface area contributed by atoms with Crippen molar-refractivity contribution in [3.05, 3.63) is 40.1 Å². The van der Waals surface area contributed by atoms with Crippen LogP contribution in [0.3, 0.4) is 0 Å². The van der Waals surface area contributed by atoms with Gasteiger partial charge in [-0.05, 0) is 38.7 Å². The predicted molar refractivity (Wildman–Crippen MR) is 117 cm³/mol. The number of piperidine rings is 1. The normalized spacial score (nSPS) is 18.4. The highest BCUT2D eigenvalue weighted by molar-refractivity contribution is 5.97. The van der Waals surface area contributed by atoms with E-state index in [1.807, 2.05) is 19.1 Å². The van der Waals surface area contributed by atoms with Gasteiger partial charge < -0.3 is 15.5 Å². The third-order valence-corrected chi connectivity index (χ3v) is 6.23. The Morgan fingerprint density at radius 1 is 1.10 bits per heavy atom. The molecule has 2 N–H and O–H groups in total. The molecule has 2 aromatic rings. The van der Waals surface area contributed by atoms with Crippen LogP contribution >= 0.6 is 0 Å². The van der Waals surface area contributed by atoms with Gasteiger partial charge in [0.25, 0.3) is 5.69 Å². The molecular formula is C22H29N5O3. The van der Waals surface area contributed by atoms with Crippen molar-refractivity contribution in [2.75, 3.05) is 18.0 Å². The molecule has 1 saturated heterocycles. The lowest BCUT2D eigenvalue weighted by Crippen LogP contribution is -2.50. The van der Waals surface area contributed by atoms with E-state index in [1.165, 1.54) is 25.3 Å². The predicted octanol–water partition coefficient (Wildman–Crippen LogP) is 4.05. The van der Waals surface area contributed by atoms with Gasteiger partial charge in [0.15, 0.2) is 5.52 Å². The van der Waals surface area contributed by atoms with Crippen LogP contribution < -0.4 is 15.5 Å². The highest BCUT2D eigenvalue weighted by Crippen LogP contribution is 2.33. The molecule has 1 saturated carbocycles. The largest absolute Gasteiger partial charge is 0.371 e. The number of carbonyl (C=O) groups is 1. The molecule has 2 fully saturated rings. The topological polar surface area (TPSA) is 100 Å². The summed E-state index contributed by atoms with van der Waals surface area (Å²) >= 11 is 0. The van der Waals surface area contributed by atoms with Crippen molar-refractivity contribution in [1.29, 1.82) is 0 Å². The number of nitrogens with one attached hydrogen (secondary N) is 2. The number of urea groups is 1. The molecule has 0 atom stereocenters. The second kappa shape index (κ2) is 8.85. The molecule has 1 aliphatic carbocycles. The molecule has 0 unspecified atom stereocenters. The van der Waals surface area contributed by atoms with Gasteiger partial charge in [0.2, 0.25) is 0 Å². The van der Waals surface area contributed by atoms with Crippen LogP contribution in [-0.4, -0.2) is 41.1 Å². The van der Waals surface area contributed by atoms with Gasteiger partial charge in [-0.3, -0.25) is 10.1 Å². The lowest BCUT2D eigenvalue weighted by Gasteiger charge is -2.35. The Labute approximate surface area is 176 Å². The van der Waals surface area contributed by atoms with E-state index in [9.17, 15) is 14.9 Å². The van der Waals surface area contributed by atoms with Gasteiger partial charge in [-0.1, -0.05) is 31.4 Å². The van der Waals surface area contributed by atoms with Gasteiger partial charge in [-0.2, -0.15) is 0 Å². The average molecular weight is 412 g/mol. The Morgan fingerprint density at radius 2 is 1.77 bits per heavy atom. The fourth-order valence-electron chi connectivity index (χ4n) is 4.67. The zero-order valence-electron chi connectivity index (χ0n) is 17.4. The number of para-hydroxylation sites is 1. The van der Waals surface area contributed by atoms with Gasteiger partial charge in [0.1, 0.15) is 0 Å². The van der Waals surface area contributed by atoms with Gasteiger partial charge in [-0.25, -0.2) is 9.78 Å². The third-order valence-electron chi connectivity index (χ3n) is 6.23. The van der Waals surface area contributed by atoms with E-state index in [0.717, 1.165) is 55.5 Å². The number of hydrogen-bond acceptors (Lipinski definition) is 5. The summed E-state index contributed by atoms with van der Waals surface area (Å²) in [6, 6.07) is 7.50. The molecule has 2 heterocycles. The number of carbonyl (C=O) groups excluding carboxylic acids is 1. The van der Waals surface area contributed by atoms with Crippen molar-refractivity contribution in [3.8, 4) is 0 Å². The van der Waals surface area contributed by atoms with Crippen LogP contribution in [0.4, 0.5) is 16.2 Å². The number of fused-ring (bicyclic) bond motifs is 1. The number of nitrogens with zero attached hydrogens (tertiary/aromatic N) is 3. The molecule has 1 aromatic heterocycles. The number of aromatic nitrogens is 1.